The van der Waals surface area contributed by atoms with Crippen molar-refractivity contribution in [2.45, 2.75) is 71.8 Å². The van der Waals surface area contributed by atoms with Crippen LogP contribution in [-0.4, -0.2) is 6.54 Å². The van der Waals surface area contributed by atoms with Crippen molar-refractivity contribution in [1.29, 1.82) is 0 Å². The topological polar surface area (TPSA) is 12.0 Å². The molecule has 1 rings (SSSR count). The molecule has 1 atom stereocenters. The van der Waals surface area contributed by atoms with Gasteiger partial charge in [0, 0.05) is 6.04 Å². The van der Waals surface area contributed by atoms with Crippen LogP contribution < -0.4 is 5.32 Å². The number of unbranched alkanes of at least 4 members (excludes halogenated alkanes) is 6. The molecule has 0 spiro atoms. The molecule has 0 radical (unpaired) electrons. The molecular weight excluding hydrogens is 230 g/mol. The molecule has 1 heteroatoms. The van der Waals surface area contributed by atoms with E-state index in [1.165, 1.54) is 56.1 Å². The van der Waals surface area contributed by atoms with Gasteiger partial charge in [-0.25, -0.2) is 0 Å². The Hall–Kier alpha value is -0.820. The first kappa shape index (κ1) is 16.2. The van der Waals surface area contributed by atoms with Gasteiger partial charge in [0.05, 0.1) is 0 Å². The summed E-state index contributed by atoms with van der Waals surface area (Å²) in [7, 11) is 0. The number of benzene rings is 1. The van der Waals surface area contributed by atoms with E-state index in [0.717, 1.165) is 6.54 Å². The van der Waals surface area contributed by atoms with Crippen LogP contribution in [0.3, 0.4) is 0 Å². The van der Waals surface area contributed by atoms with Gasteiger partial charge < -0.3 is 5.32 Å². The minimum atomic E-state index is 0.473. The van der Waals surface area contributed by atoms with Crippen molar-refractivity contribution < 1.29 is 0 Å². The second kappa shape index (κ2) is 10.0. The van der Waals surface area contributed by atoms with Crippen LogP contribution in [0, 0.1) is 6.92 Å². The lowest BCUT2D eigenvalue weighted by molar-refractivity contribution is 0.524. The second-order valence-electron chi connectivity index (χ2n) is 5.71. The molecule has 0 aliphatic carbocycles. The van der Waals surface area contributed by atoms with Crippen molar-refractivity contribution in [3.63, 3.8) is 0 Å². The third-order valence-electron chi connectivity index (χ3n) is 3.81. The SMILES string of the molecule is CCCCCCCCCNC(C)c1ccc(C)cc1. The molecular formula is C18H31N. The summed E-state index contributed by atoms with van der Waals surface area (Å²) in [6, 6.07) is 9.33. The molecule has 0 fully saturated rings. The summed E-state index contributed by atoms with van der Waals surface area (Å²) >= 11 is 0. The number of rotatable bonds is 10. The third kappa shape index (κ3) is 7.37. The molecule has 0 aliphatic heterocycles. The van der Waals surface area contributed by atoms with E-state index in [4.69, 9.17) is 0 Å². The fraction of sp³-hybridized carbons (Fsp3) is 0.667. The highest BCUT2D eigenvalue weighted by molar-refractivity contribution is 5.23. The number of nitrogens with one attached hydrogen (secondary N) is 1. The van der Waals surface area contributed by atoms with Crippen LogP contribution in [0.2, 0.25) is 0 Å². The lowest BCUT2D eigenvalue weighted by atomic mass is 10.1. The maximum Gasteiger partial charge on any atom is 0.0291 e. The summed E-state index contributed by atoms with van der Waals surface area (Å²) < 4.78 is 0. The van der Waals surface area contributed by atoms with E-state index in [1.807, 2.05) is 0 Å². The molecule has 108 valence electrons. The van der Waals surface area contributed by atoms with Gasteiger partial charge in [0.25, 0.3) is 0 Å². The molecule has 0 saturated carbocycles. The zero-order chi connectivity index (χ0) is 13.9. The van der Waals surface area contributed by atoms with Crippen molar-refractivity contribution in [2.24, 2.45) is 0 Å². The minimum Gasteiger partial charge on any atom is -0.310 e. The Morgan fingerprint density at radius 2 is 1.47 bits per heavy atom. The van der Waals surface area contributed by atoms with Gasteiger partial charge in [-0.05, 0) is 32.4 Å². The molecule has 19 heavy (non-hydrogen) atoms. The highest BCUT2D eigenvalue weighted by Gasteiger charge is 2.03. The molecule has 1 nitrogen and oxygen atoms in total. The molecule has 0 saturated heterocycles. The fourth-order valence-electron chi connectivity index (χ4n) is 2.37. The maximum absolute atomic E-state index is 3.62. The molecule has 0 heterocycles. The zero-order valence-electron chi connectivity index (χ0n) is 13.0. The Morgan fingerprint density at radius 1 is 0.895 bits per heavy atom. The zero-order valence-corrected chi connectivity index (χ0v) is 13.0. The van der Waals surface area contributed by atoms with Crippen LogP contribution in [0.1, 0.15) is 76.0 Å². The summed E-state index contributed by atoms with van der Waals surface area (Å²) in [5.41, 5.74) is 2.73. The molecule has 0 aliphatic rings. The number of hydrogen-bond donors (Lipinski definition) is 1. The van der Waals surface area contributed by atoms with Crippen LogP contribution in [0.5, 0.6) is 0 Å². The van der Waals surface area contributed by atoms with Crippen molar-refractivity contribution in [3.8, 4) is 0 Å². The Bertz CT molecular complexity index is 315. The highest BCUT2D eigenvalue weighted by Crippen LogP contribution is 2.13. The maximum atomic E-state index is 3.62. The monoisotopic (exact) mass is 261 g/mol. The molecule has 1 aromatic rings. The standard InChI is InChI=1S/C18H31N/c1-4-5-6-7-8-9-10-15-19-17(3)18-13-11-16(2)12-14-18/h11-14,17,19H,4-10,15H2,1-3H3. The van der Waals surface area contributed by atoms with Crippen LogP contribution in [0.4, 0.5) is 0 Å². The Kier molecular flexibility index (Phi) is 8.57. The lowest BCUT2D eigenvalue weighted by Gasteiger charge is -2.14. The van der Waals surface area contributed by atoms with Crippen molar-refractivity contribution in [1.82, 2.24) is 5.32 Å². The average Bonchev–Trinajstić information content (AvgIpc) is 2.42. The predicted molar refractivity (Wildman–Crippen MR) is 85.6 cm³/mol. The van der Waals surface area contributed by atoms with Gasteiger partial charge in [0.15, 0.2) is 0 Å². The summed E-state index contributed by atoms with van der Waals surface area (Å²) in [4.78, 5) is 0. The lowest BCUT2D eigenvalue weighted by Crippen LogP contribution is -2.19. The van der Waals surface area contributed by atoms with Gasteiger partial charge in [-0.15, -0.1) is 0 Å². The van der Waals surface area contributed by atoms with Crippen LogP contribution in [0.15, 0.2) is 24.3 Å². The summed E-state index contributed by atoms with van der Waals surface area (Å²) in [6.07, 6.45) is 9.67. The summed E-state index contributed by atoms with van der Waals surface area (Å²) in [6.45, 7) is 7.81. The fourth-order valence-corrected chi connectivity index (χ4v) is 2.37. The van der Waals surface area contributed by atoms with E-state index in [1.54, 1.807) is 0 Å². The van der Waals surface area contributed by atoms with Gasteiger partial charge in [-0.3, -0.25) is 0 Å². The molecule has 1 aromatic carbocycles. The molecule has 0 bridgehead atoms. The van der Waals surface area contributed by atoms with Crippen LogP contribution in [0.25, 0.3) is 0 Å². The largest absolute Gasteiger partial charge is 0.310 e. The molecule has 0 aromatic heterocycles. The Morgan fingerprint density at radius 3 is 2.11 bits per heavy atom. The predicted octanol–water partition coefficient (Wildman–Crippen LogP) is 5.40. The molecule has 0 amide bonds. The third-order valence-corrected chi connectivity index (χ3v) is 3.81. The van der Waals surface area contributed by atoms with E-state index in [0.29, 0.717) is 6.04 Å². The second-order valence-corrected chi connectivity index (χ2v) is 5.71. The Balaban J connectivity index is 2.04. The van der Waals surface area contributed by atoms with Gasteiger partial charge in [0.2, 0.25) is 0 Å². The highest BCUT2D eigenvalue weighted by atomic mass is 14.9. The minimum absolute atomic E-state index is 0.473. The van der Waals surface area contributed by atoms with E-state index < -0.39 is 0 Å². The average molecular weight is 261 g/mol. The van der Waals surface area contributed by atoms with Crippen molar-refractivity contribution >= 4 is 0 Å². The number of hydrogen-bond acceptors (Lipinski definition) is 1. The van der Waals surface area contributed by atoms with E-state index in [-0.39, 0.29) is 0 Å². The quantitative estimate of drug-likeness (QED) is 0.556. The summed E-state index contributed by atoms with van der Waals surface area (Å²) in [5.74, 6) is 0. The summed E-state index contributed by atoms with van der Waals surface area (Å²) in [5, 5.41) is 3.62. The smallest absolute Gasteiger partial charge is 0.0291 e. The first-order valence-corrected chi connectivity index (χ1v) is 8.04. The Labute approximate surface area is 119 Å². The molecule has 1 N–H and O–H groups in total. The van der Waals surface area contributed by atoms with Crippen molar-refractivity contribution in [3.05, 3.63) is 35.4 Å². The van der Waals surface area contributed by atoms with E-state index >= 15 is 0 Å². The molecule has 1 unspecified atom stereocenters. The first-order chi connectivity index (χ1) is 9.24. The first-order valence-electron chi connectivity index (χ1n) is 8.04. The van der Waals surface area contributed by atoms with Gasteiger partial charge >= 0.3 is 0 Å². The van der Waals surface area contributed by atoms with Gasteiger partial charge in [-0.2, -0.15) is 0 Å². The van der Waals surface area contributed by atoms with E-state index in [2.05, 4.69) is 50.4 Å². The van der Waals surface area contributed by atoms with Crippen LogP contribution in [-0.2, 0) is 0 Å². The van der Waals surface area contributed by atoms with Gasteiger partial charge in [-0.1, -0.05) is 75.3 Å². The van der Waals surface area contributed by atoms with Crippen molar-refractivity contribution in [2.75, 3.05) is 6.54 Å². The van der Waals surface area contributed by atoms with Gasteiger partial charge in [0.1, 0.15) is 0 Å². The van der Waals surface area contributed by atoms with Crippen LogP contribution >= 0.6 is 0 Å². The van der Waals surface area contributed by atoms with E-state index in [9.17, 15) is 0 Å². The normalized spacial score (nSPS) is 12.6. The number of aryl methyl sites for hydroxylation is 1.